The van der Waals surface area contributed by atoms with Crippen molar-refractivity contribution in [3.63, 3.8) is 0 Å². The van der Waals surface area contributed by atoms with Gasteiger partial charge in [-0.25, -0.2) is 9.59 Å². The number of benzene rings is 2. The topological polar surface area (TPSA) is 256 Å². The van der Waals surface area contributed by atoms with Crippen LogP contribution in [0.3, 0.4) is 0 Å². The minimum absolute atomic E-state index is 0.00299. The Morgan fingerprint density at radius 1 is 0.778 bits per heavy atom. The first-order chi connectivity index (χ1) is 21.6. The Balaban J connectivity index is 1.69. The Labute approximate surface area is 259 Å². The van der Waals surface area contributed by atoms with Crippen LogP contribution in [0.15, 0.2) is 79.9 Å². The van der Waals surface area contributed by atoms with E-state index in [4.69, 9.17) is 32.1 Å². The van der Waals surface area contributed by atoms with Gasteiger partial charge < -0.3 is 48.0 Å². The van der Waals surface area contributed by atoms with Crippen LogP contribution in [0.2, 0.25) is 0 Å². The van der Waals surface area contributed by atoms with E-state index in [0.717, 1.165) is 10.9 Å². The van der Waals surface area contributed by atoms with E-state index >= 15 is 0 Å². The number of nitrogens with one attached hydrogen (secondary N) is 3. The zero-order chi connectivity index (χ0) is 32.6. The second kappa shape index (κ2) is 17.5. The third kappa shape index (κ3) is 12.3. The molecule has 0 saturated heterocycles. The first-order valence-electron chi connectivity index (χ1n) is 14.3. The molecule has 0 aliphatic carbocycles. The maximum absolute atomic E-state index is 13.4. The van der Waals surface area contributed by atoms with Gasteiger partial charge in [0.2, 0.25) is 11.8 Å². The first kappa shape index (κ1) is 33.9. The van der Waals surface area contributed by atoms with Gasteiger partial charge >= 0.3 is 11.7 Å². The predicted molar refractivity (Wildman–Crippen MR) is 170 cm³/mol. The minimum atomic E-state index is -1.06. The largest absolute Gasteiger partial charge is 0.445 e. The molecule has 0 bridgehead atoms. The zero-order valence-corrected chi connectivity index (χ0v) is 24.7. The number of aliphatic imine (C=N–C) groups is 2. The molecule has 0 unspecified atom stereocenters. The third-order valence-electron chi connectivity index (χ3n) is 6.50. The quantitative estimate of drug-likeness (QED) is 0.0498. The van der Waals surface area contributed by atoms with Crippen molar-refractivity contribution in [2.24, 2.45) is 32.9 Å². The summed E-state index contributed by atoms with van der Waals surface area (Å²) in [6.45, 7) is 0.557. The van der Waals surface area contributed by atoms with E-state index in [9.17, 15) is 19.2 Å². The molecule has 2 atom stereocenters. The normalized spacial score (nSPS) is 11.9. The Morgan fingerprint density at radius 3 is 2.04 bits per heavy atom. The number of nitrogens with zero attached hydrogens (tertiary/aromatic N) is 2. The summed E-state index contributed by atoms with van der Waals surface area (Å²) in [5.41, 5.74) is 22.9. The van der Waals surface area contributed by atoms with Crippen molar-refractivity contribution in [1.82, 2.24) is 16.0 Å². The van der Waals surface area contributed by atoms with E-state index in [1.165, 1.54) is 6.07 Å². The van der Waals surface area contributed by atoms with E-state index in [-0.39, 0.29) is 51.0 Å². The lowest BCUT2D eigenvalue weighted by Gasteiger charge is -2.23. The number of amides is 3. The van der Waals surface area contributed by atoms with Gasteiger partial charge in [0.25, 0.3) is 0 Å². The Bertz CT molecular complexity index is 1550. The number of hydrogen-bond donors (Lipinski definition) is 7. The number of alkyl carbamates (subject to hydrolysis) is 1. The molecule has 0 spiro atoms. The first-order valence-corrected chi connectivity index (χ1v) is 14.3. The number of carbonyl (C=O) groups is 3. The lowest BCUT2D eigenvalue weighted by Crippen LogP contribution is -2.53. The fourth-order valence-electron chi connectivity index (χ4n) is 4.25. The lowest BCUT2D eigenvalue weighted by atomic mass is 10.1. The summed E-state index contributed by atoms with van der Waals surface area (Å²) in [5.74, 6) is -1.28. The molecular formula is C30H39N9O6. The monoisotopic (exact) mass is 621 g/mol. The molecular weight excluding hydrogens is 582 g/mol. The van der Waals surface area contributed by atoms with E-state index < -0.39 is 35.6 Å². The zero-order valence-electron chi connectivity index (χ0n) is 24.7. The summed E-state index contributed by atoms with van der Waals surface area (Å²) < 4.78 is 10.5. The van der Waals surface area contributed by atoms with Gasteiger partial charge in [0, 0.05) is 31.1 Å². The minimum Gasteiger partial charge on any atom is -0.445 e. The number of hydrogen-bond acceptors (Lipinski definition) is 8. The predicted octanol–water partition coefficient (Wildman–Crippen LogP) is 0.296. The van der Waals surface area contributed by atoms with Crippen molar-refractivity contribution >= 4 is 40.8 Å². The van der Waals surface area contributed by atoms with Crippen molar-refractivity contribution < 1.29 is 23.5 Å². The molecule has 240 valence electrons. The van der Waals surface area contributed by atoms with Gasteiger partial charge in [-0.15, -0.1) is 0 Å². The van der Waals surface area contributed by atoms with Crippen LogP contribution in [0, 0.1) is 0 Å². The highest BCUT2D eigenvalue weighted by Crippen LogP contribution is 2.14. The number of rotatable bonds is 16. The number of guanidine groups is 2. The molecule has 11 N–H and O–H groups in total. The molecule has 0 radical (unpaired) electrons. The van der Waals surface area contributed by atoms with E-state index in [1.807, 2.05) is 18.2 Å². The van der Waals surface area contributed by atoms with Gasteiger partial charge in [0.1, 0.15) is 24.3 Å². The molecule has 0 aliphatic rings. The molecule has 3 aromatic rings. The van der Waals surface area contributed by atoms with Crippen molar-refractivity contribution in [3.8, 4) is 0 Å². The summed E-state index contributed by atoms with van der Waals surface area (Å²) in [6.07, 6.45) is 0.277. The fourth-order valence-corrected chi connectivity index (χ4v) is 4.25. The summed E-state index contributed by atoms with van der Waals surface area (Å²) in [7, 11) is 0. The second-order valence-corrected chi connectivity index (χ2v) is 10.1. The van der Waals surface area contributed by atoms with Crippen LogP contribution in [0.5, 0.6) is 0 Å². The van der Waals surface area contributed by atoms with Gasteiger partial charge in [-0.1, -0.05) is 42.5 Å². The highest BCUT2D eigenvalue weighted by Gasteiger charge is 2.27. The molecule has 1 heterocycles. The lowest BCUT2D eigenvalue weighted by molar-refractivity contribution is -0.130. The average molecular weight is 622 g/mol. The van der Waals surface area contributed by atoms with Crippen LogP contribution in [-0.2, 0) is 27.5 Å². The molecule has 45 heavy (non-hydrogen) atoms. The van der Waals surface area contributed by atoms with Crippen molar-refractivity contribution in [2.45, 2.75) is 50.9 Å². The van der Waals surface area contributed by atoms with Crippen LogP contribution in [0.4, 0.5) is 4.79 Å². The second-order valence-electron chi connectivity index (χ2n) is 10.1. The number of carbonyl (C=O) groups excluding carboxylic acids is 3. The van der Waals surface area contributed by atoms with E-state index in [2.05, 4.69) is 25.9 Å². The Hall–Kier alpha value is -5.60. The van der Waals surface area contributed by atoms with Crippen LogP contribution in [-0.4, -0.2) is 55.0 Å². The Kier molecular flexibility index (Phi) is 13.2. The van der Waals surface area contributed by atoms with Crippen LogP contribution in [0.25, 0.3) is 11.0 Å². The van der Waals surface area contributed by atoms with Crippen molar-refractivity contribution in [3.05, 3.63) is 82.2 Å². The molecule has 0 saturated carbocycles. The van der Waals surface area contributed by atoms with Gasteiger partial charge in [0.15, 0.2) is 11.9 Å². The SMILES string of the molecule is NC(N)=NCCC[C@H](NC(=O)OCc1ccccc1)C(=O)N[C@@H](CCCN=C(N)N)C(=O)NCc1ccc2ccc(=O)oc2c1. The molecule has 15 nitrogen and oxygen atoms in total. The maximum Gasteiger partial charge on any atom is 0.408 e. The number of fused-ring (bicyclic) bond motifs is 1. The number of nitrogens with two attached hydrogens (primary N) is 4. The fraction of sp³-hybridized carbons (Fsp3) is 0.333. The smallest absolute Gasteiger partial charge is 0.408 e. The third-order valence-corrected chi connectivity index (χ3v) is 6.50. The molecule has 0 aliphatic heterocycles. The van der Waals surface area contributed by atoms with Crippen LogP contribution < -0.4 is 44.5 Å². The van der Waals surface area contributed by atoms with Gasteiger partial charge in [-0.05, 0) is 48.9 Å². The molecule has 3 rings (SSSR count). The molecule has 2 aromatic carbocycles. The molecule has 15 heteroatoms. The average Bonchev–Trinajstić information content (AvgIpc) is 3.01. The van der Waals surface area contributed by atoms with Crippen molar-refractivity contribution in [2.75, 3.05) is 13.1 Å². The summed E-state index contributed by atoms with van der Waals surface area (Å²) >= 11 is 0. The van der Waals surface area contributed by atoms with Crippen LogP contribution in [0.1, 0.15) is 36.8 Å². The summed E-state index contributed by atoms with van der Waals surface area (Å²) in [6, 6.07) is 15.2. The number of ether oxygens (including phenoxy) is 1. The molecule has 1 aromatic heterocycles. The standard InChI is InChI=1S/C30H39N9O6/c31-28(32)35-14-4-8-22(26(41)37-17-20-10-11-21-12-13-25(40)45-24(21)16-20)38-27(42)23(9-5-15-36-29(33)34)39-30(43)44-18-19-6-2-1-3-7-19/h1-3,6-7,10-13,16,22-23H,4-5,8-9,14-15,17-18H2,(H,37,41)(H,38,42)(H,39,43)(H4,31,32,35)(H4,33,34,36)/t22-,23-/m0/s1. The highest BCUT2D eigenvalue weighted by molar-refractivity contribution is 5.91. The molecule has 3 amide bonds. The van der Waals surface area contributed by atoms with E-state index in [1.54, 1.807) is 36.4 Å². The maximum atomic E-state index is 13.4. The summed E-state index contributed by atoms with van der Waals surface area (Å²) in [5, 5.41) is 8.84. The van der Waals surface area contributed by atoms with Crippen molar-refractivity contribution in [1.29, 1.82) is 0 Å². The Morgan fingerprint density at radius 2 is 1.40 bits per heavy atom. The highest BCUT2D eigenvalue weighted by atomic mass is 16.5. The van der Waals surface area contributed by atoms with Crippen LogP contribution >= 0.6 is 0 Å². The molecule has 0 fully saturated rings. The summed E-state index contributed by atoms with van der Waals surface area (Å²) in [4.78, 5) is 58.8. The van der Waals surface area contributed by atoms with Gasteiger partial charge in [-0.2, -0.15) is 0 Å². The van der Waals surface area contributed by atoms with Gasteiger partial charge in [0.05, 0.1) is 0 Å². The van der Waals surface area contributed by atoms with E-state index in [0.29, 0.717) is 24.0 Å². The van der Waals surface area contributed by atoms with Gasteiger partial charge in [-0.3, -0.25) is 19.6 Å².